The van der Waals surface area contributed by atoms with Crippen LogP contribution in [-0.2, 0) is 12.7 Å². The van der Waals surface area contributed by atoms with Crippen LogP contribution < -0.4 is 0 Å². The number of halogens is 3. The van der Waals surface area contributed by atoms with Gasteiger partial charge in [0.15, 0.2) is 0 Å². The molecule has 0 spiro atoms. The Kier molecular flexibility index (Phi) is 5.87. The van der Waals surface area contributed by atoms with Crippen molar-refractivity contribution in [1.29, 1.82) is 0 Å². The zero-order valence-corrected chi connectivity index (χ0v) is 15.4. The molecule has 2 aromatic rings. The van der Waals surface area contributed by atoms with E-state index in [0.29, 0.717) is 13.1 Å². The smallest absolute Gasteiger partial charge is 0.338 e. The summed E-state index contributed by atoms with van der Waals surface area (Å²) in [6.07, 6.45) is 3.36. The molecule has 0 saturated carbocycles. The van der Waals surface area contributed by atoms with Crippen molar-refractivity contribution < 1.29 is 18.0 Å². The van der Waals surface area contributed by atoms with Crippen molar-refractivity contribution in [1.82, 2.24) is 14.5 Å². The van der Waals surface area contributed by atoms with Crippen LogP contribution in [0, 0.1) is 0 Å². The van der Waals surface area contributed by atoms with Crippen molar-refractivity contribution in [3.05, 3.63) is 53.6 Å². The zero-order valence-electron chi connectivity index (χ0n) is 15.4. The topological polar surface area (TPSA) is 38.1 Å². The molecule has 27 heavy (non-hydrogen) atoms. The molecule has 0 bridgehead atoms. The molecule has 1 fully saturated rings. The molecule has 0 N–H and O–H groups in total. The van der Waals surface area contributed by atoms with Crippen molar-refractivity contribution >= 4 is 5.91 Å². The number of hydrogen-bond donors (Lipinski definition) is 0. The summed E-state index contributed by atoms with van der Waals surface area (Å²) in [5.74, 6) is 0.928. The Labute approximate surface area is 157 Å². The van der Waals surface area contributed by atoms with Crippen LogP contribution in [-0.4, -0.2) is 33.4 Å². The SMILES string of the molecule is CCCCn1ccnc1[C@@H]1CCCN(C(=O)c2ccc(C(F)(F)F)cc2)C1. The fourth-order valence-corrected chi connectivity index (χ4v) is 3.55. The minimum Gasteiger partial charge on any atom is -0.338 e. The van der Waals surface area contributed by atoms with Gasteiger partial charge in [-0.05, 0) is 43.5 Å². The average molecular weight is 379 g/mol. The third-order valence-corrected chi connectivity index (χ3v) is 5.03. The summed E-state index contributed by atoms with van der Waals surface area (Å²) >= 11 is 0. The molecule has 0 unspecified atom stereocenters. The fraction of sp³-hybridized carbons (Fsp3) is 0.500. The van der Waals surface area contributed by atoms with Gasteiger partial charge in [0.2, 0.25) is 0 Å². The van der Waals surface area contributed by atoms with Crippen molar-refractivity contribution in [2.24, 2.45) is 0 Å². The number of aromatic nitrogens is 2. The summed E-state index contributed by atoms with van der Waals surface area (Å²) in [5.41, 5.74) is -0.452. The molecule has 7 heteroatoms. The molecular formula is C20H24F3N3O. The molecule has 1 aromatic heterocycles. The van der Waals surface area contributed by atoms with E-state index in [1.807, 2.05) is 6.20 Å². The second-order valence-corrected chi connectivity index (χ2v) is 7.00. The van der Waals surface area contributed by atoms with Gasteiger partial charge in [0.05, 0.1) is 5.56 Å². The van der Waals surface area contributed by atoms with Gasteiger partial charge in [-0.3, -0.25) is 4.79 Å². The van der Waals surface area contributed by atoms with Gasteiger partial charge in [0.25, 0.3) is 5.91 Å². The molecule has 1 aliphatic heterocycles. The quantitative estimate of drug-likeness (QED) is 0.754. The predicted octanol–water partition coefficient (Wildman–Crippen LogP) is 4.72. The Morgan fingerprint density at radius 3 is 2.67 bits per heavy atom. The van der Waals surface area contributed by atoms with Gasteiger partial charge in [-0.1, -0.05) is 13.3 Å². The first-order chi connectivity index (χ1) is 12.9. The Hall–Kier alpha value is -2.31. The highest BCUT2D eigenvalue weighted by Gasteiger charge is 2.31. The average Bonchev–Trinajstić information content (AvgIpc) is 3.14. The van der Waals surface area contributed by atoms with Gasteiger partial charge in [-0.15, -0.1) is 0 Å². The molecule has 1 aliphatic rings. The summed E-state index contributed by atoms with van der Waals surface area (Å²) in [6, 6.07) is 4.45. The van der Waals surface area contributed by atoms with Crippen LogP contribution in [0.4, 0.5) is 13.2 Å². The monoisotopic (exact) mass is 379 g/mol. The number of imidazole rings is 1. The first-order valence-corrected chi connectivity index (χ1v) is 9.37. The molecule has 3 rings (SSSR count). The lowest BCUT2D eigenvalue weighted by molar-refractivity contribution is -0.137. The minimum absolute atomic E-state index is 0.156. The van der Waals surface area contributed by atoms with E-state index >= 15 is 0 Å². The number of benzene rings is 1. The number of alkyl halides is 3. The second-order valence-electron chi connectivity index (χ2n) is 7.00. The molecule has 1 amide bonds. The lowest BCUT2D eigenvalue weighted by Gasteiger charge is -2.33. The number of carbonyl (C=O) groups is 1. The molecule has 1 atom stereocenters. The zero-order chi connectivity index (χ0) is 19.4. The molecule has 1 saturated heterocycles. The third kappa shape index (κ3) is 4.51. The fourth-order valence-electron chi connectivity index (χ4n) is 3.55. The van der Waals surface area contributed by atoms with E-state index < -0.39 is 11.7 Å². The van der Waals surface area contributed by atoms with Crippen LogP contribution in [0.5, 0.6) is 0 Å². The van der Waals surface area contributed by atoms with E-state index in [0.717, 1.165) is 50.2 Å². The predicted molar refractivity (Wildman–Crippen MR) is 96.5 cm³/mol. The number of aryl methyl sites for hydroxylation is 1. The number of rotatable bonds is 5. The molecular weight excluding hydrogens is 355 g/mol. The maximum absolute atomic E-state index is 12.8. The van der Waals surface area contributed by atoms with Crippen LogP contribution in [0.1, 0.15) is 60.3 Å². The van der Waals surface area contributed by atoms with Crippen LogP contribution in [0.3, 0.4) is 0 Å². The van der Waals surface area contributed by atoms with Gasteiger partial charge in [-0.25, -0.2) is 4.98 Å². The van der Waals surface area contributed by atoms with Crippen LogP contribution in [0.25, 0.3) is 0 Å². The number of amides is 1. The first-order valence-electron chi connectivity index (χ1n) is 9.37. The number of nitrogens with zero attached hydrogens (tertiary/aromatic N) is 3. The maximum atomic E-state index is 12.8. The number of carbonyl (C=O) groups excluding carboxylic acids is 1. The largest absolute Gasteiger partial charge is 0.416 e. The van der Waals surface area contributed by atoms with Crippen molar-refractivity contribution in [3.8, 4) is 0 Å². The highest BCUT2D eigenvalue weighted by Crippen LogP contribution is 2.30. The highest BCUT2D eigenvalue weighted by molar-refractivity contribution is 5.94. The third-order valence-electron chi connectivity index (χ3n) is 5.03. The number of piperidine rings is 1. The highest BCUT2D eigenvalue weighted by atomic mass is 19.4. The van der Waals surface area contributed by atoms with E-state index in [4.69, 9.17) is 0 Å². The van der Waals surface area contributed by atoms with Crippen molar-refractivity contribution in [2.45, 2.75) is 51.2 Å². The molecule has 0 radical (unpaired) electrons. The Morgan fingerprint density at radius 1 is 1.26 bits per heavy atom. The molecule has 1 aromatic carbocycles. The first kappa shape index (κ1) is 19.5. The summed E-state index contributed by atoms with van der Waals surface area (Å²) in [4.78, 5) is 19.0. The number of likely N-dealkylation sites (tertiary alicyclic amines) is 1. The molecule has 2 heterocycles. The molecule has 146 valence electrons. The van der Waals surface area contributed by atoms with Gasteiger partial charge in [-0.2, -0.15) is 13.2 Å². The van der Waals surface area contributed by atoms with E-state index in [2.05, 4.69) is 16.5 Å². The van der Waals surface area contributed by atoms with Crippen LogP contribution >= 0.6 is 0 Å². The Balaban J connectivity index is 1.71. The van der Waals surface area contributed by atoms with E-state index in [9.17, 15) is 18.0 Å². The standard InChI is InChI=1S/C20H24F3N3O/c1-2-3-11-25-13-10-24-18(25)16-5-4-12-26(14-16)19(27)15-6-8-17(9-7-15)20(21,22)23/h6-10,13,16H,2-5,11-12,14H2,1H3/t16-/m1/s1. The Morgan fingerprint density at radius 2 is 2.00 bits per heavy atom. The number of unbranched alkanes of at least 4 members (excludes halogenated alkanes) is 1. The van der Waals surface area contributed by atoms with Crippen LogP contribution in [0.2, 0.25) is 0 Å². The number of hydrogen-bond acceptors (Lipinski definition) is 2. The van der Waals surface area contributed by atoms with E-state index in [1.54, 1.807) is 11.1 Å². The van der Waals surface area contributed by atoms with Crippen molar-refractivity contribution in [3.63, 3.8) is 0 Å². The normalized spacial score (nSPS) is 17.9. The van der Waals surface area contributed by atoms with Crippen LogP contribution in [0.15, 0.2) is 36.7 Å². The van der Waals surface area contributed by atoms with E-state index in [1.165, 1.54) is 12.1 Å². The van der Waals surface area contributed by atoms with Gasteiger partial charge in [0, 0.05) is 43.5 Å². The summed E-state index contributed by atoms with van der Waals surface area (Å²) in [7, 11) is 0. The van der Waals surface area contributed by atoms with Crippen molar-refractivity contribution in [2.75, 3.05) is 13.1 Å². The molecule has 0 aliphatic carbocycles. The van der Waals surface area contributed by atoms with Gasteiger partial charge >= 0.3 is 6.18 Å². The lowest BCUT2D eigenvalue weighted by Crippen LogP contribution is -2.39. The summed E-state index contributed by atoms with van der Waals surface area (Å²) in [6.45, 7) is 4.21. The summed E-state index contributed by atoms with van der Waals surface area (Å²) in [5, 5.41) is 0. The second kappa shape index (κ2) is 8.15. The minimum atomic E-state index is -4.40. The molecule has 4 nitrogen and oxygen atoms in total. The Bertz CT molecular complexity index is 768. The lowest BCUT2D eigenvalue weighted by atomic mass is 9.96. The maximum Gasteiger partial charge on any atom is 0.416 e. The van der Waals surface area contributed by atoms with Gasteiger partial charge in [0.1, 0.15) is 5.82 Å². The van der Waals surface area contributed by atoms with E-state index in [-0.39, 0.29) is 17.4 Å². The van der Waals surface area contributed by atoms with Gasteiger partial charge < -0.3 is 9.47 Å². The summed E-state index contributed by atoms with van der Waals surface area (Å²) < 4.78 is 40.3.